The van der Waals surface area contributed by atoms with Crippen LogP contribution in [0.5, 0.6) is 0 Å². The van der Waals surface area contributed by atoms with Crippen molar-refractivity contribution in [3.05, 3.63) is 30.3 Å². The Labute approximate surface area is 228 Å². The lowest BCUT2D eigenvalue weighted by Crippen LogP contribution is -2.64. The maximum absolute atomic E-state index is 6.78. The first-order valence-electron chi connectivity index (χ1n) is 12.9. The van der Waals surface area contributed by atoms with Crippen LogP contribution in [0.15, 0.2) is 35.2 Å². The maximum atomic E-state index is 6.78. The molecule has 10 heteroatoms. The molecule has 2 aliphatic heterocycles. The fourth-order valence-electron chi connectivity index (χ4n) is 4.53. The Morgan fingerprint density at radius 2 is 1.46 bits per heavy atom. The van der Waals surface area contributed by atoms with Crippen molar-refractivity contribution in [3.63, 3.8) is 0 Å². The average molecular weight is 559 g/mol. The minimum absolute atomic E-state index is 0.0475. The fourth-order valence-corrected chi connectivity index (χ4v) is 7.01. The molecule has 2 saturated heterocycles. The number of methoxy groups -OCH3 is 4. The summed E-state index contributed by atoms with van der Waals surface area (Å²) in [7, 11) is 4.56. The van der Waals surface area contributed by atoms with Crippen LogP contribution in [0, 0.1) is 0 Å². The molecule has 0 radical (unpaired) electrons. The summed E-state index contributed by atoms with van der Waals surface area (Å²) in [4.78, 5) is 1.09. The van der Waals surface area contributed by atoms with Gasteiger partial charge in [0.25, 0.3) is 0 Å². The molecule has 1 aromatic carbocycles. The third-order valence-corrected chi connectivity index (χ3v) is 13.4. The average Bonchev–Trinajstić information content (AvgIpc) is 2.85. The summed E-state index contributed by atoms with van der Waals surface area (Å²) in [6.07, 6.45) is -3.33. The van der Waals surface area contributed by atoms with Crippen molar-refractivity contribution in [1.82, 2.24) is 0 Å². The molecule has 0 amide bonds. The fraction of sp³-hybridized carbons (Fsp3) is 0.778. The summed E-state index contributed by atoms with van der Waals surface area (Å²) in [5.41, 5.74) is -0.279. The predicted octanol–water partition coefficient (Wildman–Crippen LogP) is 4.72. The van der Waals surface area contributed by atoms with E-state index in [0.29, 0.717) is 6.61 Å². The van der Waals surface area contributed by atoms with Crippen molar-refractivity contribution >= 4 is 20.1 Å². The highest BCUT2D eigenvalue weighted by Crippen LogP contribution is 2.41. The van der Waals surface area contributed by atoms with E-state index < -0.39 is 32.9 Å². The molecule has 0 aliphatic carbocycles. The van der Waals surface area contributed by atoms with Gasteiger partial charge in [-0.05, 0) is 37.2 Å². The normalized spacial score (nSPS) is 35.5. The van der Waals surface area contributed by atoms with Crippen LogP contribution < -0.4 is 0 Å². The molecule has 1 aromatic rings. The molecule has 0 aromatic heterocycles. The molecular formula is C27H46O8SSi. The van der Waals surface area contributed by atoms with Gasteiger partial charge in [-0.15, -0.1) is 0 Å². The van der Waals surface area contributed by atoms with Crippen LogP contribution in [0.2, 0.25) is 18.1 Å². The van der Waals surface area contributed by atoms with Gasteiger partial charge in [0.15, 0.2) is 14.6 Å². The van der Waals surface area contributed by atoms with Crippen LogP contribution in [0.25, 0.3) is 0 Å². The Bertz CT molecular complexity index is 822. The Morgan fingerprint density at radius 1 is 0.838 bits per heavy atom. The largest absolute Gasteiger partial charge is 0.409 e. The molecule has 2 aliphatic rings. The summed E-state index contributed by atoms with van der Waals surface area (Å²) in [6.45, 7) is 13.5. The quantitative estimate of drug-likeness (QED) is 0.380. The second-order valence-electron chi connectivity index (χ2n) is 11.2. The van der Waals surface area contributed by atoms with Crippen LogP contribution in [-0.4, -0.2) is 97.8 Å². The van der Waals surface area contributed by atoms with Crippen molar-refractivity contribution in [2.45, 2.75) is 105 Å². The summed E-state index contributed by atoms with van der Waals surface area (Å²) in [6, 6.07) is 10.1. The molecule has 0 saturated carbocycles. The third-order valence-electron chi connectivity index (χ3n) is 7.75. The van der Waals surface area contributed by atoms with Crippen molar-refractivity contribution < 1.29 is 37.6 Å². The van der Waals surface area contributed by atoms with Gasteiger partial charge in [-0.2, -0.15) is 0 Å². The standard InChI is InChI=1S/C27H46O8SSi/c1-17-20(35-37(9,10)27(2,3)4)22(29-6)23(30-7)25(33-17)34-21-19(28-5)16-32-26(24(21)31-8)36-18-14-12-11-13-15-18/h11-15,17,19-26H,16H2,1-10H3/t17-,19+,20+,21-,22+,23-,24+,25-,26-/m0/s1. The zero-order valence-corrected chi connectivity index (χ0v) is 25.8. The van der Waals surface area contributed by atoms with Crippen molar-refractivity contribution in [3.8, 4) is 0 Å². The monoisotopic (exact) mass is 558 g/mol. The lowest BCUT2D eigenvalue weighted by molar-refractivity contribution is -0.333. The second-order valence-corrected chi connectivity index (χ2v) is 17.1. The van der Waals surface area contributed by atoms with Gasteiger partial charge < -0.3 is 37.6 Å². The minimum atomic E-state index is -2.09. The van der Waals surface area contributed by atoms with Crippen LogP contribution in [0.3, 0.4) is 0 Å². The molecule has 9 atom stereocenters. The Kier molecular flexibility index (Phi) is 11.1. The van der Waals surface area contributed by atoms with Gasteiger partial charge in [0.1, 0.15) is 36.0 Å². The van der Waals surface area contributed by atoms with Gasteiger partial charge in [-0.3, -0.25) is 0 Å². The van der Waals surface area contributed by atoms with E-state index in [0.717, 1.165) is 4.90 Å². The van der Waals surface area contributed by atoms with E-state index >= 15 is 0 Å². The molecule has 0 bridgehead atoms. The van der Waals surface area contributed by atoms with E-state index in [2.05, 4.69) is 46.0 Å². The molecule has 8 nitrogen and oxygen atoms in total. The van der Waals surface area contributed by atoms with Crippen molar-refractivity contribution in [2.24, 2.45) is 0 Å². The predicted molar refractivity (Wildman–Crippen MR) is 147 cm³/mol. The summed E-state index contributed by atoms with van der Waals surface area (Å²) in [5, 5.41) is 0.0475. The highest BCUT2D eigenvalue weighted by Gasteiger charge is 2.52. The molecule has 212 valence electrons. The second kappa shape index (κ2) is 13.2. The topological polar surface area (TPSA) is 73.8 Å². The SMILES string of the molecule is CO[C@H]1[C@H](OC)[C@H](O[C@@H]2[C@@H](OC)[C@H](Sc3ccccc3)OC[C@H]2OC)O[C@@H](C)[C@H]1O[Si](C)(C)C(C)(C)C. The lowest BCUT2D eigenvalue weighted by atomic mass is 9.99. The van der Waals surface area contributed by atoms with E-state index in [4.69, 9.17) is 37.6 Å². The number of rotatable bonds is 10. The summed E-state index contributed by atoms with van der Waals surface area (Å²) >= 11 is 1.60. The van der Waals surface area contributed by atoms with Gasteiger partial charge in [0.05, 0.1) is 18.8 Å². The number of hydrogen-bond acceptors (Lipinski definition) is 9. The minimum Gasteiger partial charge on any atom is -0.409 e. The molecular weight excluding hydrogens is 512 g/mol. The summed E-state index contributed by atoms with van der Waals surface area (Å²) in [5.74, 6) is 0. The first-order chi connectivity index (χ1) is 17.5. The van der Waals surface area contributed by atoms with Crippen molar-refractivity contribution in [1.29, 1.82) is 0 Å². The van der Waals surface area contributed by atoms with Gasteiger partial charge in [-0.1, -0.05) is 50.7 Å². The van der Waals surface area contributed by atoms with Gasteiger partial charge in [0, 0.05) is 33.3 Å². The van der Waals surface area contributed by atoms with Crippen LogP contribution in [0.1, 0.15) is 27.7 Å². The van der Waals surface area contributed by atoms with Crippen LogP contribution >= 0.6 is 11.8 Å². The number of hydrogen-bond donors (Lipinski definition) is 0. The molecule has 2 heterocycles. The van der Waals surface area contributed by atoms with Crippen molar-refractivity contribution in [2.75, 3.05) is 35.0 Å². The highest BCUT2D eigenvalue weighted by atomic mass is 32.2. The zero-order valence-electron chi connectivity index (χ0n) is 24.0. The van der Waals surface area contributed by atoms with E-state index in [1.54, 1.807) is 40.2 Å². The van der Waals surface area contributed by atoms with E-state index in [9.17, 15) is 0 Å². The molecule has 0 N–H and O–H groups in total. The highest BCUT2D eigenvalue weighted by molar-refractivity contribution is 7.99. The zero-order chi connectivity index (χ0) is 27.4. The molecule has 2 fully saturated rings. The smallest absolute Gasteiger partial charge is 0.192 e. The third kappa shape index (κ3) is 7.16. The van der Waals surface area contributed by atoms with E-state index in [1.807, 2.05) is 25.1 Å². The molecule has 3 rings (SSSR count). The molecule has 0 spiro atoms. The Balaban J connectivity index is 1.82. The van der Waals surface area contributed by atoms with E-state index in [-0.39, 0.29) is 34.9 Å². The van der Waals surface area contributed by atoms with Crippen LogP contribution in [0.4, 0.5) is 0 Å². The van der Waals surface area contributed by atoms with Crippen LogP contribution in [-0.2, 0) is 37.6 Å². The number of ether oxygens (including phenoxy) is 7. The Hall–Kier alpha value is -0.533. The first-order valence-corrected chi connectivity index (χ1v) is 16.7. The first kappa shape index (κ1) is 31.0. The lowest BCUT2D eigenvalue weighted by Gasteiger charge is -2.50. The number of thioether (sulfide) groups is 1. The Morgan fingerprint density at radius 3 is 2.00 bits per heavy atom. The summed E-state index contributed by atoms with van der Waals surface area (Å²) < 4.78 is 49.6. The van der Waals surface area contributed by atoms with Gasteiger partial charge in [0.2, 0.25) is 0 Å². The van der Waals surface area contributed by atoms with Gasteiger partial charge in [-0.25, -0.2) is 0 Å². The molecule has 37 heavy (non-hydrogen) atoms. The number of benzene rings is 1. The van der Waals surface area contributed by atoms with E-state index in [1.165, 1.54) is 0 Å². The maximum Gasteiger partial charge on any atom is 0.192 e. The molecule has 0 unspecified atom stereocenters. The van der Waals surface area contributed by atoms with Gasteiger partial charge >= 0.3 is 0 Å².